The minimum Gasteiger partial charge on any atom is -0.317 e. The SMILES string of the molecule is CNC1CCC(Sc2cc(Cl)ccc2Cl)C1C. The van der Waals surface area contributed by atoms with E-state index in [1.807, 2.05) is 37.0 Å². The highest BCUT2D eigenvalue weighted by Crippen LogP contribution is 2.41. The van der Waals surface area contributed by atoms with Crippen LogP contribution < -0.4 is 5.32 Å². The maximum atomic E-state index is 6.20. The summed E-state index contributed by atoms with van der Waals surface area (Å²) >= 11 is 14.1. The molecule has 3 unspecified atom stereocenters. The summed E-state index contributed by atoms with van der Waals surface area (Å²) < 4.78 is 0. The average Bonchev–Trinajstić information content (AvgIpc) is 2.65. The van der Waals surface area contributed by atoms with E-state index >= 15 is 0 Å². The largest absolute Gasteiger partial charge is 0.317 e. The van der Waals surface area contributed by atoms with Gasteiger partial charge in [0.15, 0.2) is 0 Å². The Bertz CT molecular complexity index is 397. The molecule has 0 radical (unpaired) electrons. The van der Waals surface area contributed by atoms with Crippen LogP contribution in [0.2, 0.25) is 10.0 Å². The number of hydrogen-bond donors (Lipinski definition) is 1. The summed E-state index contributed by atoms with van der Waals surface area (Å²) in [7, 11) is 2.04. The van der Waals surface area contributed by atoms with E-state index in [4.69, 9.17) is 23.2 Å². The van der Waals surface area contributed by atoms with Crippen molar-refractivity contribution in [3.8, 4) is 0 Å². The van der Waals surface area contributed by atoms with Gasteiger partial charge >= 0.3 is 0 Å². The molecule has 1 nitrogen and oxygen atoms in total. The molecule has 1 saturated carbocycles. The molecular formula is C13H17Cl2NS. The molecule has 0 saturated heterocycles. The Morgan fingerprint density at radius 1 is 1.29 bits per heavy atom. The molecule has 17 heavy (non-hydrogen) atoms. The lowest BCUT2D eigenvalue weighted by atomic mass is 10.1. The molecule has 1 aliphatic carbocycles. The van der Waals surface area contributed by atoms with Crippen molar-refractivity contribution in [2.45, 2.75) is 36.0 Å². The normalized spacial score (nSPS) is 28.6. The van der Waals surface area contributed by atoms with Crippen molar-refractivity contribution in [1.29, 1.82) is 0 Å². The van der Waals surface area contributed by atoms with Crippen LogP contribution in [0.4, 0.5) is 0 Å². The van der Waals surface area contributed by atoms with Crippen molar-refractivity contribution >= 4 is 35.0 Å². The van der Waals surface area contributed by atoms with Gasteiger partial charge in [-0.2, -0.15) is 0 Å². The molecule has 1 N–H and O–H groups in total. The third-order valence-electron chi connectivity index (χ3n) is 3.53. The highest BCUT2D eigenvalue weighted by atomic mass is 35.5. The maximum Gasteiger partial charge on any atom is 0.0542 e. The van der Waals surface area contributed by atoms with E-state index in [1.165, 1.54) is 12.8 Å². The number of thioether (sulfide) groups is 1. The third-order valence-corrected chi connectivity index (χ3v) is 5.76. The van der Waals surface area contributed by atoms with Crippen molar-refractivity contribution in [2.75, 3.05) is 7.05 Å². The Hall–Kier alpha value is 0.110. The molecule has 0 aromatic heterocycles. The Morgan fingerprint density at radius 2 is 2.06 bits per heavy atom. The quantitative estimate of drug-likeness (QED) is 0.881. The number of benzene rings is 1. The van der Waals surface area contributed by atoms with Gasteiger partial charge in [-0.25, -0.2) is 0 Å². The lowest BCUT2D eigenvalue weighted by Crippen LogP contribution is -2.29. The molecule has 0 aliphatic heterocycles. The van der Waals surface area contributed by atoms with Gasteiger partial charge in [-0.05, 0) is 44.0 Å². The topological polar surface area (TPSA) is 12.0 Å². The summed E-state index contributed by atoms with van der Waals surface area (Å²) in [6, 6.07) is 6.31. The van der Waals surface area contributed by atoms with E-state index in [1.54, 1.807) is 0 Å². The molecule has 0 spiro atoms. The van der Waals surface area contributed by atoms with E-state index in [9.17, 15) is 0 Å². The van der Waals surface area contributed by atoms with Gasteiger partial charge in [0, 0.05) is 21.2 Å². The van der Waals surface area contributed by atoms with Crippen LogP contribution in [0.3, 0.4) is 0 Å². The Labute approximate surface area is 117 Å². The van der Waals surface area contributed by atoms with Crippen molar-refractivity contribution in [3.05, 3.63) is 28.2 Å². The summed E-state index contributed by atoms with van der Waals surface area (Å²) in [6.07, 6.45) is 2.48. The predicted octanol–water partition coefficient (Wildman–Crippen LogP) is 4.47. The minimum atomic E-state index is 0.628. The van der Waals surface area contributed by atoms with Gasteiger partial charge in [0.2, 0.25) is 0 Å². The molecule has 94 valence electrons. The Kier molecular flexibility index (Phi) is 4.65. The van der Waals surface area contributed by atoms with Crippen LogP contribution in [0.15, 0.2) is 23.1 Å². The first-order valence-electron chi connectivity index (χ1n) is 5.91. The first-order chi connectivity index (χ1) is 8.11. The molecule has 0 heterocycles. The van der Waals surface area contributed by atoms with Crippen molar-refractivity contribution in [3.63, 3.8) is 0 Å². The fourth-order valence-electron chi connectivity index (χ4n) is 2.43. The highest BCUT2D eigenvalue weighted by Gasteiger charge is 2.32. The number of halogens is 2. The molecule has 1 fully saturated rings. The van der Waals surface area contributed by atoms with Crippen LogP contribution in [0, 0.1) is 5.92 Å². The van der Waals surface area contributed by atoms with Crippen LogP contribution in [0.25, 0.3) is 0 Å². The molecule has 4 heteroatoms. The van der Waals surface area contributed by atoms with Crippen LogP contribution in [0.5, 0.6) is 0 Å². The van der Waals surface area contributed by atoms with Crippen LogP contribution in [-0.4, -0.2) is 18.3 Å². The Morgan fingerprint density at radius 3 is 2.71 bits per heavy atom. The van der Waals surface area contributed by atoms with Crippen LogP contribution in [-0.2, 0) is 0 Å². The molecule has 1 aromatic rings. The van der Waals surface area contributed by atoms with Crippen LogP contribution >= 0.6 is 35.0 Å². The predicted molar refractivity (Wildman–Crippen MR) is 77.4 cm³/mol. The summed E-state index contributed by atoms with van der Waals surface area (Å²) in [5.41, 5.74) is 0. The fourth-order valence-corrected chi connectivity index (χ4v) is 4.28. The van der Waals surface area contributed by atoms with Gasteiger partial charge < -0.3 is 5.32 Å². The third kappa shape index (κ3) is 3.11. The zero-order chi connectivity index (χ0) is 12.4. The minimum absolute atomic E-state index is 0.628. The van der Waals surface area contributed by atoms with Crippen molar-refractivity contribution < 1.29 is 0 Å². The molecule has 3 atom stereocenters. The molecule has 1 aliphatic rings. The van der Waals surface area contributed by atoms with Crippen LogP contribution in [0.1, 0.15) is 19.8 Å². The van der Waals surface area contributed by atoms with Gasteiger partial charge in [-0.3, -0.25) is 0 Å². The second-order valence-electron chi connectivity index (χ2n) is 4.56. The summed E-state index contributed by atoms with van der Waals surface area (Å²) in [6.45, 7) is 2.31. The molecule has 2 rings (SSSR count). The maximum absolute atomic E-state index is 6.20. The van der Waals surface area contributed by atoms with E-state index in [2.05, 4.69) is 12.2 Å². The van der Waals surface area contributed by atoms with Crippen molar-refractivity contribution in [1.82, 2.24) is 5.32 Å². The number of nitrogens with one attached hydrogen (secondary N) is 1. The summed E-state index contributed by atoms with van der Waals surface area (Å²) in [4.78, 5) is 1.10. The van der Waals surface area contributed by atoms with E-state index in [0.29, 0.717) is 17.2 Å². The smallest absolute Gasteiger partial charge is 0.0542 e. The molecule has 0 bridgehead atoms. The second-order valence-corrected chi connectivity index (χ2v) is 6.69. The summed E-state index contributed by atoms with van der Waals surface area (Å²) in [5, 5.41) is 5.57. The zero-order valence-electron chi connectivity index (χ0n) is 10.0. The number of rotatable bonds is 3. The van der Waals surface area contributed by atoms with E-state index in [0.717, 1.165) is 14.9 Å². The fraction of sp³-hybridized carbons (Fsp3) is 0.538. The first kappa shape index (κ1) is 13.5. The molecule has 0 amide bonds. The second kappa shape index (κ2) is 5.83. The van der Waals surface area contributed by atoms with Crippen molar-refractivity contribution in [2.24, 2.45) is 5.92 Å². The molecular weight excluding hydrogens is 273 g/mol. The average molecular weight is 290 g/mol. The zero-order valence-corrected chi connectivity index (χ0v) is 12.4. The van der Waals surface area contributed by atoms with Gasteiger partial charge in [-0.15, -0.1) is 11.8 Å². The van der Waals surface area contributed by atoms with Gasteiger partial charge in [0.25, 0.3) is 0 Å². The van der Waals surface area contributed by atoms with E-state index in [-0.39, 0.29) is 0 Å². The molecule has 1 aromatic carbocycles. The van der Waals surface area contributed by atoms with Gasteiger partial charge in [-0.1, -0.05) is 30.1 Å². The summed E-state index contributed by atoms with van der Waals surface area (Å²) in [5.74, 6) is 0.667. The van der Waals surface area contributed by atoms with E-state index < -0.39 is 0 Å². The highest BCUT2D eigenvalue weighted by molar-refractivity contribution is 8.00. The number of hydrogen-bond acceptors (Lipinski definition) is 2. The first-order valence-corrected chi connectivity index (χ1v) is 7.54. The standard InChI is InChI=1S/C13H17Cl2NS/c1-8-11(16-2)5-6-12(8)17-13-7-9(14)3-4-10(13)15/h3-4,7-8,11-12,16H,5-6H2,1-2H3. The Balaban J connectivity index is 2.09. The van der Waals surface area contributed by atoms with Gasteiger partial charge in [0.1, 0.15) is 0 Å². The lowest BCUT2D eigenvalue weighted by molar-refractivity contribution is 0.464. The van der Waals surface area contributed by atoms with Gasteiger partial charge in [0.05, 0.1) is 5.02 Å². The lowest BCUT2D eigenvalue weighted by Gasteiger charge is -2.20. The monoisotopic (exact) mass is 289 g/mol.